The first-order valence-electron chi connectivity index (χ1n) is 8.95. The lowest BCUT2D eigenvalue weighted by atomic mass is 10.0. The van der Waals surface area contributed by atoms with Gasteiger partial charge >= 0.3 is 0 Å². The van der Waals surface area contributed by atoms with Crippen molar-refractivity contribution in [2.75, 3.05) is 31.4 Å². The van der Waals surface area contributed by atoms with Gasteiger partial charge in [0.1, 0.15) is 11.2 Å². The number of hydrogen-bond donors (Lipinski definition) is 2. The SMILES string of the molecule is COc1ccccc1CNC(=O)C1(C(=O)Nc2ccc(N(C)C)cc2)CC1. The fourth-order valence-corrected chi connectivity index (χ4v) is 2.97. The molecule has 6 nitrogen and oxygen atoms in total. The van der Waals surface area contributed by atoms with Gasteiger partial charge in [-0.05, 0) is 43.2 Å². The normalized spacial score (nSPS) is 14.2. The third kappa shape index (κ3) is 4.05. The van der Waals surface area contributed by atoms with Gasteiger partial charge in [0.2, 0.25) is 11.8 Å². The number of carbonyl (C=O) groups is 2. The van der Waals surface area contributed by atoms with Crippen molar-refractivity contribution in [2.24, 2.45) is 5.41 Å². The zero-order chi connectivity index (χ0) is 19.4. The second-order valence-electron chi connectivity index (χ2n) is 6.97. The van der Waals surface area contributed by atoms with Crippen molar-refractivity contribution in [1.29, 1.82) is 0 Å². The Labute approximate surface area is 159 Å². The van der Waals surface area contributed by atoms with Crippen molar-refractivity contribution in [3.8, 4) is 5.75 Å². The van der Waals surface area contributed by atoms with Crippen molar-refractivity contribution < 1.29 is 14.3 Å². The number of methoxy groups -OCH3 is 1. The molecule has 0 bridgehead atoms. The number of ether oxygens (including phenoxy) is 1. The van der Waals surface area contributed by atoms with E-state index in [2.05, 4.69) is 10.6 Å². The van der Waals surface area contributed by atoms with E-state index in [1.54, 1.807) is 7.11 Å². The number of para-hydroxylation sites is 1. The minimum Gasteiger partial charge on any atom is -0.496 e. The summed E-state index contributed by atoms with van der Waals surface area (Å²) in [6.45, 7) is 0.329. The van der Waals surface area contributed by atoms with Crippen LogP contribution in [0.5, 0.6) is 5.75 Å². The van der Waals surface area contributed by atoms with Crippen LogP contribution >= 0.6 is 0 Å². The summed E-state index contributed by atoms with van der Waals surface area (Å²) in [5.74, 6) is 0.224. The lowest BCUT2D eigenvalue weighted by Crippen LogP contribution is -2.39. The van der Waals surface area contributed by atoms with E-state index in [0.717, 1.165) is 11.3 Å². The van der Waals surface area contributed by atoms with Crippen LogP contribution in [0.1, 0.15) is 18.4 Å². The second kappa shape index (κ2) is 7.70. The highest BCUT2D eigenvalue weighted by Gasteiger charge is 2.56. The van der Waals surface area contributed by atoms with E-state index < -0.39 is 5.41 Å². The van der Waals surface area contributed by atoms with Crippen molar-refractivity contribution >= 4 is 23.2 Å². The summed E-state index contributed by atoms with van der Waals surface area (Å²) in [5.41, 5.74) is 1.64. The van der Waals surface area contributed by atoms with Crippen molar-refractivity contribution in [2.45, 2.75) is 19.4 Å². The molecule has 2 aromatic rings. The van der Waals surface area contributed by atoms with E-state index in [-0.39, 0.29) is 11.8 Å². The highest BCUT2D eigenvalue weighted by Crippen LogP contribution is 2.47. The fourth-order valence-electron chi connectivity index (χ4n) is 2.97. The third-order valence-corrected chi connectivity index (χ3v) is 4.89. The summed E-state index contributed by atoms with van der Waals surface area (Å²) >= 11 is 0. The largest absolute Gasteiger partial charge is 0.496 e. The average Bonchev–Trinajstić information content (AvgIpc) is 3.49. The molecular formula is C21H25N3O3. The van der Waals surface area contributed by atoms with E-state index in [0.29, 0.717) is 30.8 Å². The third-order valence-electron chi connectivity index (χ3n) is 4.89. The number of anilines is 2. The van der Waals surface area contributed by atoms with Crippen LogP contribution in [0, 0.1) is 5.41 Å². The van der Waals surface area contributed by atoms with Crippen LogP contribution < -0.4 is 20.3 Å². The molecule has 0 unspecified atom stereocenters. The predicted octanol–water partition coefficient (Wildman–Crippen LogP) is 2.80. The van der Waals surface area contributed by atoms with Crippen LogP contribution in [-0.4, -0.2) is 33.0 Å². The molecule has 3 rings (SSSR count). The molecule has 0 saturated heterocycles. The molecule has 0 radical (unpaired) electrons. The number of carbonyl (C=O) groups excluding carboxylic acids is 2. The highest BCUT2D eigenvalue weighted by molar-refractivity contribution is 6.13. The van der Waals surface area contributed by atoms with Gasteiger partial charge < -0.3 is 20.3 Å². The van der Waals surface area contributed by atoms with Crippen LogP contribution in [0.4, 0.5) is 11.4 Å². The van der Waals surface area contributed by atoms with Gasteiger partial charge in [-0.25, -0.2) is 0 Å². The molecule has 1 aliphatic rings. The zero-order valence-electron chi connectivity index (χ0n) is 15.9. The smallest absolute Gasteiger partial charge is 0.240 e. The van der Waals surface area contributed by atoms with E-state index in [9.17, 15) is 9.59 Å². The van der Waals surface area contributed by atoms with Gasteiger partial charge in [0.15, 0.2) is 0 Å². The number of hydrogen-bond acceptors (Lipinski definition) is 4. The maximum atomic E-state index is 12.7. The van der Waals surface area contributed by atoms with Crippen LogP contribution in [0.25, 0.3) is 0 Å². The predicted molar refractivity (Wildman–Crippen MR) is 106 cm³/mol. The first-order chi connectivity index (χ1) is 13.0. The van der Waals surface area contributed by atoms with E-state index in [1.807, 2.05) is 67.5 Å². The number of nitrogens with one attached hydrogen (secondary N) is 2. The Morgan fingerprint density at radius 1 is 1.04 bits per heavy atom. The highest BCUT2D eigenvalue weighted by atomic mass is 16.5. The quantitative estimate of drug-likeness (QED) is 0.739. The van der Waals surface area contributed by atoms with Gasteiger partial charge in [-0.1, -0.05) is 18.2 Å². The van der Waals surface area contributed by atoms with Crippen LogP contribution in [-0.2, 0) is 16.1 Å². The number of amides is 2. The Morgan fingerprint density at radius 2 is 1.70 bits per heavy atom. The molecule has 0 aliphatic heterocycles. The van der Waals surface area contributed by atoms with Gasteiger partial charge in [0.05, 0.1) is 7.11 Å². The number of nitrogens with zero attached hydrogens (tertiary/aromatic N) is 1. The van der Waals surface area contributed by atoms with Gasteiger partial charge in [-0.15, -0.1) is 0 Å². The molecule has 1 saturated carbocycles. The van der Waals surface area contributed by atoms with Crippen molar-refractivity contribution in [3.05, 3.63) is 54.1 Å². The minimum absolute atomic E-state index is 0.240. The Morgan fingerprint density at radius 3 is 2.30 bits per heavy atom. The van der Waals surface area contributed by atoms with E-state index >= 15 is 0 Å². The van der Waals surface area contributed by atoms with Crippen LogP contribution in [0.15, 0.2) is 48.5 Å². The second-order valence-corrected chi connectivity index (χ2v) is 6.97. The molecule has 2 N–H and O–H groups in total. The maximum absolute atomic E-state index is 12.7. The Kier molecular flexibility index (Phi) is 5.35. The molecular weight excluding hydrogens is 342 g/mol. The molecule has 1 fully saturated rings. The fraction of sp³-hybridized carbons (Fsp3) is 0.333. The maximum Gasteiger partial charge on any atom is 0.240 e. The van der Waals surface area contributed by atoms with Crippen molar-refractivity contribution in [1.82, 2.24) is 5.32 Å². The van der Waals surface area contributed by atoms with Crippen LogP contribution in [0.2, 0.25) is 0 Å². The lowest BCUT2D eigenvalue weighted by Gasteiger charge is -2.17. The summed E-state index contributed by atoms with van der Waals surface area (Å²) in [6, 6.07) is 15.0. The first-order valence-corrected chi connectivity index (χ1v) is 8.95. The first kappa shape index (κ1) is 18.8. The summed E-state index contributed by atoms with van der Waals surface area (Å²) in [7, 11) is 5.51. The average molecular weight is 367 g/mol. The molecule has 2 aromatic carbocycles. The molecule has 2 amide bonds. The standard InChI is InChI=1S/C21H25N3O3/c1-24(2)17-10-8-16(9-11-17)23-20(26)21(12-13-21)19(25)22-14-15-6-4-5-7-18(15)27-3/h4-11H,12-14H2,1-3H3,(H,22,25)(H,23,26). The van der Waals surface area contributed by atoms with Crippen molar-refractivity contribution in [3.63, 3.8) is 0 Å². The molecule has 6 heteroatoms. The minimum atomic E-state index is -0.970. The zero-order valence-corrected chi connectivity index (χ0v) is 15.9. The molecule has 142 valence electrons. The van der Waals surface area contributed by atoms with Crippen LogP contribution in [0.3, 0.4) is 0 Å². The van der Waals surface area contributed by atoms with E-state index in [1.165, 1.54) is 0 Å². The summed E-state index contributed by atoms with van der Waals surface area (Å²) < 4.78 is 5.30. The summed E-state index contributed by atoms with van der Waals surface area (Å²) in [5, 5.41) is 5.75. The monoisotopic (exact) mass is 367 g/mol. The van der Waals surface area contributed by atoms with Gasteiger partial charge in [0.25, 0.3) is 0 Å². The Bertz CT molecular complexity index is 827. The number of benzene rings is 2. The lowest BCUT2D eigenvalue weighted by molar-refractivity contribution is -0.134. The Balaban J connectivity index is 1.61. The van der Waals surface area contributed by atoms with Gasteiger partial charge in [-0.3, -0.25) is 9.59 Å². The Hall–Kier alpha value is -3.02. The molecule has 0 atom stereocenters. The summed E-state index contributed by atoms with van der Waals surface area (Å²) in [4.78, 5) is 27.3. The van der Waals surface area contributed by atoms with Gasteiger partial charge in [-0.2, -0.15) is 0 Å². The summed E-state index contributed by atoms with van der Waals surface area (Å²) in [6.07, 6.45) is 1.12. The molecule has 0 spiro atoms. The topological polar surface area (TPSA) is 70.7 Å². The van der Waals surface area contributed by atoms with E-state index in [4.69, 9.17) is 4.74 Å². The number of rotatable bonds is 7. The molecule has 0 heterocycles. The van der Waals surface area contributed by atoms with Gasteiger partial charge in [0, 0.05) is 37.6 Å². The molecule has 0 aromatic heterocycles. The molecule has 1 aliphatic carbocycles. The molecule has 27 heavy (non-hydrogen) atoms.